The Morgan fingerprint density at radius 1 is 1.18 bits per heavy atom. The second kappa shape index (κ2) is 5.91. The fourth-order valence-corrected chi connectivity index (χ4v) is 2.65. The highest BCUT2D eigenvalue weighted by Gasteiger charge is 2.21. The number of aryl methyl sites for hydroxylation is 1. The molecule has 1 heterocycles. The van der Waals surface area contributed by atoms with Crippen LogP contribution in [0.5, 0.6) is 0 Å². The van der Waals surface area contributed by atoms with Crippen molar-refractivity contribution in [2.24, 2.45) is 0 Å². The summed E-state index contributed by atoms with van der Waals surface area (Å²) >= 11 is 6.08. The summed E-state index contributed by atoms with van der Waals surface area (Å²) in [6.45, 7) is 1.69. The van der Waals surface area contributed by atoms with E-state index < -0.39 is 5.82 Å². The average Bonchev–Trinajstić information content (AvgIpc) is 2.91. The lowest BCUT2D eigenvalue weighted by molar-refractivity contribution is 0.281. The molecule has 3 aromatic rings. The van der Waals surface area contributed by atoms with Crippen LogP contribution in [-0.4, -0.2) is 10.3 Å². The first-order chi connectivity index (χ1) is 10.6. The van der Waals surface area contributed by atoms with Crippen LogP contribution in [0.3, 0.4) is 0 Å². The van der Waals surface area contributed by atoms with Gasteiger partial charge in [-0.2, -0.15) is 0 Å². The monoisotopic (exact) mass is 317 g/mol. The molecule has 0 fully saturated rings. The molecule has 0 aliphatic rings. The van der Waals surface area contributed by atoms with Gasteiger partial charge < -0.3 is 9.63 Å². The highest BCUT2D eigenvalue weighted by molar-refractivity contribution is 6.33. The first-order valence-corrected chi connectivity index (χ1v) is 7.10. The zero-order valence-corrected chi connectivity index (χ0v) is 12.6. The molecule has 0 saturated carbocycles. The summed E-state index contributed by atoms with van der Waals surface area (Å²) in [5, 5.41) is 14.0. The smallest absolute Gasteiger partial charge is 0.173 e. The van der Waals surface area contributed by atoms with Gasteiger partial charge in [-0.15, -0.1) is 0 Å². The summed E-state index contributed by atoms with van der Waals surface area (Å²) < 4.78 is 18.6. The van der Waals surface area contributed by atoms with Crippen molar-refractivity contribution in [3.8, 4) is 22.6 Å². The fraction of sp³-hybridized carbons (Fsp3) is 0.118. The van der Waals surface area contributed by atoms with Crippen molar-refractivity contribution >= 4 is 11.6 Å². The largest absolute Gasteiger partial charge is 0.391 e. The van der Waals surface area contributed by atoms with E-state index in [0.717, 1.165) is 11.1 Å². The summed E-state index contributed by atoms with van der Waals surface area (Å²) in [6.07, 6.45) is 0. The molecule has 3 rings (SSSR count). The van der Waals surface area contributed by atoms with Crippen molar-refractivity contribution in [3.05, 3.63) is 64.4 Å². The van der Waals surface area contributed by atoms with E-state index in [-0.39, 0.29) is 11.6 Å². The molecule has 3 nitrogen and oxygen atoms in total. The summed E-state index contributed by atoms with van der Waals surface area (Å²) in [7, 11) is 0. The lowest BCUT2D eigenvalue weighted by Crippen LogP contribution is -1.91. The van der Waals surface area contributed by atoms with Gasteiger partial charge in [-0.05, 0) is 30.7 Å². The van der Waals surface area contributed by atoms with Gasteiger partial charge in [0.2, 0.25) is 0 Å². The molecule has 5 heteroatoms. The molecule has 22 heavy (non-hydrogen) atoms. The van der Waals surface area contributed by atoms with Crippen molar-refractivity contribution in [3.63, 3.8) is 0 Å². The lowest BCUT2D eigenvalue weighted by Gasteiger charge is -2.05. The first kappa shape index (κ1) is 14.8. The molecule has 1 N–H and O–H groups in total. The molecule has 0 spiro atoms. The van der Waals surface area contributed by atoms with Gasteiger partial charge in [-0.3, -0.25) is 0 Å². The van der Waals surface area contributed by atoms with E-state index in [0.29, 0.717) is 22.6 Å². The summed E-state index contributed by atoms with van der Waals surface area (Å²) in [6, 6.07) is 11.7. The molecule has 0 saturated heterocycles. The van der Waals surface area contributed by atoms with Gasteiger partial charge >= 0.3 is 0 Å². The standard InChI is InChI=1S/C17H13ClFNO2/c1-10-4-2-3-5-12(10)17-14(9-21)16(20-22-17)13-7-6-11(19)8-15(13)18/h2-8,21H,9H2,1H3. The van der Waals surface area contributed by atoms with Crippen LogP contribution < -0.4 is 0 Å². The number of aliphatic hydroxyl groups excluding tert-OH is 1. The number of rotatable bonds is 3. The molecule has 0 amide bonds. The number of hydrogen-bond donors (Lipinski definition) is 1. The average molecular weight is 318 g/mol. The minimum absolute atomic E-state index is 0.222. The van der Waals surface area contributed by atoms with E-state index in [1.165, 1.54) is 18.2 Å². The topological polar surface area (TPSA) is 46.3 Å². The van der Waals surface area contributed by atoms with Crippen molar-refractivity contribution < 1.29 is 14.0 Å². The van der Waals surface area contributed by atoms with Crippen LogP contribution in [0.1, 0.15) is 11.1 Å². The minimum Gasteiger partial charge on any atom is -0.391 e. The van der Waals surface area contributed by atoms with Crippen molar-refractivity contribution in [1.82, 2.24) is 5.16 Å². The molecule has 2 aromatic carbocycles. The van der Waals surface area contributed by atoms with Crippen molar-refractivity contribution in [1.29, 1.82) is 0 Å². The Balaban J connectivity index is 2.18. The second-order valence-electron chi connectivity index (χ2n) is 4.94. The maximum atomic E-state index is 13.2. The van der Waals surface area contributed by atoms with Gasteiger partial charge in [-0.1, -0.05) is 41.0 Å². The van der Waals surface area contributed by atoms with Crippen LogP contribution in [0.15, 0.2) is 47.0 Å². The van der Waals surface area contributed by atoms with Gasteiger partial charge in [0, 0.05) is 11.1 Å². The Kier molecular flexibility index (Phi) is 3.96. The van der Waals surface area contributed by atoms with Gasteiger partial charge in [0.1, 0.15) is 11.5 Å². The van der Waals surface area contributed by atoms with Gasteiger partial charge in [-0.25, -0.2) is 4.39 Å². The van der Waals surface area contributed by atoms with Crippen LogP contribution in [0, 0.1) is 12.7 Å². The van der Waals surface area contributed by atoms with E-state index in [9.17, 15) is 9.50 Å². The minimum atomic E-state index is -0.429. The molecule has 1 aromatic heterocycles. The van der Waals surface area contributed by atoms with Crippen LogP contribution in [0.4, 0.5) is 4.39 Å². The number of aliphatic hydroxyl groups is 1. The van der Waals surface area contributed by atoms with Gasteiger partial charge in [0.15, 0.2) is 5.76 Å². The molecule has 0 atom stereocenters. The SMILES string of the molecule is Cc1ccccc1-c1onc(-c2ccc(F)cc2Cl)c1CO. The fourth-order valence-electron chi connectivity index (χ4n) is 2.39. The molecule has 0 aliphatic carbocycles. The van der Waals surface area contributed by atoms with Crippen LogP contribution in [0.2, 0.25) is 5.02 Å². The van der Waals surface area contributed by atoms with E-state index in [2.05, 4.69) is 5.16 Å². The number of nitrogens with zero attached hydrogens (tertiary/aromatic N) is 1. The number of aromatic nitrogens is 1. The molecule has 0 unspecified atom stereocenters. The maximum Gasteiger partial charge on any atom is 0.173 e. The van der Waals surface area contributed by atoms with E-state index in [1.54, 1.807) is 0 Å². The third-order valence-corrected chi connectivity index (χ3v) is 3.83. The predicted molar refractivity (Wildman–Crippen MR) is 83.0 cm³/mol. The van der Waals surface area contributed by atoms with E-state index in [1.807, 2.05) is 31.2 Å². The summed E-state index contributed by atoms with van der Waals surface area (Å²) in [5.41, 5.74) is 3.33. The Morgan fingerprint density at radius 3 is 2.64 bits per heavy atom. The van der Waals surface area contributed by atoms with Crippen LogP contribution >= 0.6 is 11.6 Å². The molecule has 0 radical (unpaired) electrons. The zero-order chi connectivity index (χ0) is 15.7. The third kappa shape index (κ3) is 2.51. The Labute approximate surface area is 132 Å². The highest BCUT2D eigenvalue weighted by atomic mass is 35.5. The predicted octanol–water partition coefficient (Wildman–Crippen LogP) is 4.60. The molecular formula is C17H13ClFNO2. The van der Waals surface area contributed by atoms with E-state index in [4.69, 9.17) is 16.1 Å². The maximum absolute atomic E-state index is 13.2. The zero-order valence-electron chi connectivity index (χ0n) is 11.8. The van der Waals surface area contributed by atoms with Crippen LogP contribution in [0.25, 0.3) is 22.6 Å². The Bertz CT molecular complexity index is 829. The Morgan fingerprint density at radius 2 is 1.95 bits per heavy atom. The second-order valence-corrected chi connectivity index (χ2v) is 5.34. The normalized spacial score (nSPS) is 10.9. The van der Waals surface area contributed by atoms with Gasteiger partial charge in [0.25, 0.3) is 0 Å². The number of benzene rings is 2. The van der Waals surface area contributed by atoms with Crippen LogP contribution in [-0.2, 0) is 6.61 Å². The third-order valence-electron chi connectivity index (χ3n) is 3.52. The van der Waals surface area contributed by atoms with E-state index >= 15 is 0 Å². The van der Waals surface area contributed by atoms with Gasteiger partial charge in [0.05, 0.1) is 17.2 Å². The number of halogens is 2. The quantitative estimate of drug-likeness (QED) is 0.767. The first-order valence-electron chi connectivity index (χ1n) is 6.72. The molecule has 0 bridgehead atoms. The number of hydrogen-bond acceptors (Lipinski definition) is 3. The van der Waals surface area contributed by atoms with Crippen molar-refractivity contribution in [2.75, 3.05) is 0 Å². The molecule has 0 aliphatic heterocycles. The lowest BCUT2D eigenvalue weighted by atomic mass is 10.00. The summed E-state index contributed by atoms with van der Waals surface area (Å²) in [4.78, 5) is 0. The molecular weight excluding hydrogens is 305 g/mol. The van der Waals surface area contributed by atoms with Crippen molar-refractivity contribution in [2.45, 2.75) is 13.5 Å². The highest BCUT2D eigenvalue weighted by Crippen LogP contribution is 2.36. The Hall–Kier alpha value is -2.17. The summed E-state index contributed by atoms with van der Waals surface area (Å²) in [5.74, 6) is 0.0675. The molecule has 112 valence electrons.